The van der Waals surface area contributed by atoms with E-state index in [9.17, 15) is 14.0 Å². The predicted octanol–water partition coefficient (Wildman–Crippen LogP) is 3.95. The minimum absolute atomic E-state index is 0.0356. The van der Waals surface area contributed by atoms with E-state index >= 15 is 0 Å². The first-order valence-electron chi connectivity index (χ1n) is 7.31. The van der Waals surface area contributed by atoms with Gasteiger partial charge in [0.05, 0.1) is 17.1 Å². The van der Waals surface area contributed by atoms with Crippen molar-refractivity contribution in [1.82, 2.24) is 0 Å². The maximum atomic E-state index is 13.6. The van der Waals surface area contributed by atoms with Crippen molar-refractivity contribution < 1.29 is 14.0 Å². The van der Waals surface area contributed by atoms with E-state index in [1.807, 2.05) is 24.3 Å². The topological polar surface area (TPSA) is 49.4 Å². The third kappa shape index (κ3) is 3.71. The number of anilines is 2. The van der Waals surface area contributed by atoms with Crippen LogP contribution in [0.4, 0.5) is 15.8 Å². The summed E-state index contributed by atoms with van der Waals surface area (Å²) < 4.78 is 13.6. The highest BCUT2D eigenvalue weighted by molar-refractivity contribution is 8.00. The average Bonchev–Trinajstić information content (AvgIpc) is 2.57. The maximum absolute atomic E-state index is 13.6. The van der Waals surface area contributed by atoms with Crippen LogP contribution in [0.15, 0.2) is 47.4 Å². The van der Waals surface area contributed by atoms with Crippen molar-refractivity contribution >= 4 is 46.6 Å². The lowest BCUT2D eigenvalue weighted by atomic mass is 10.2. The summed E-state index contributed by atoms with van der Waals surface area (Å²) in [5.74, 6) is -0.620. The van der Waals surface area contributed by atoms with Crippen LogP contribution < -0.4 is 10.2 Å². The molecule has 2 aromatic rings. The van der Waals surface area contributed by atoms with Crippen LogP contribution in [0.25, 0.3) is 0 Å². The zero-order valence-electron chi connectivity index (χ0n) is 12.6. The van der Waals surface area contributed by atoms with Crippen molar-refractivity contribution in [3.05, 3.63) is 53.3 Å². The molecular formula is C17H14ClFN2O2S. The predicted molar refractivity (Wildman–Crippen MR) is 94.2 cm³/mol. The van der Waals surface area contributed by atoms with Gasteiger partial charge >= 0.3 is 0 Å². The Balaban J connectivity index is 1.66. The van der Waals surface area contributed by atoms with Gasteiger partial charge < -0.3 is 10.2 Å². The highest BCUT2D eigenvalue weighted by atomic mass is 35.5. The Hall–Kier alpha value is -2.05. The molecule has 0 fully saturated rings. The van der Waals surface area contributed by atoms with Gasteiger partial charge in [-0.25, -0.2) is 4.39 Å². The van der Waals surface area contributed by atoms with Gasteiger partial charge in [-0.2, -0.15) is 0 Å². The first kappa shape index (κ1) is 16.8. The molecule has 0 aliphatic carbocycles. The summed E-state index contributed by atoms with van der Waals surface area (Å²) in [5, 5.41) is 2.82. The van der Waals surface area contributed by atoms with E-state index < -0.39 is 5.82 Å². The molecule has 124 valence electrons. The lowest BCUT2D eigenvalue weighted by Crippen LogP contribution is -2.37. The molecule has 4 nitrogen and oxygen atoms in total. The Kier molecular flexibility index (Phi) is 5.06. The van der Waals surface area contributed by atoms with Crippen molar-refractivity contribution in [2.75, 3.05) is 22.5 Å². The first-order valence-corrected chi connectivity index (χ1v) is 8.68. The Morgan fingerprint density at radius 1 is 1.29 bits per heavy atom. The molecule has 0 unspecified atom stereocenters. The number of carbonyl (C=O) groups excluding carboxylic acids is 2. The summed E-state index contributed by atoms with van der Waals surface area (Å²) in [5.41, 5.74) is 0.842. The van der Waals surface area contributed by atoms with Crippen molar-refractivity contribution in [3.8, 4) is 0 Å². The fourth-order valence-electron chi connectivity index (χ4n) is 2.42. The van der Waals surface area contributed by atoms with Crippen LogP contribution in [0.3, 0.4) is 0 Å². The van der Waals surface area contributed by atoms with Gasteiger partial charge in [0.25, 0.3) is 0 Å². The summed E-state index contributed by atoms with van der Waals surface area (Å²) in [6.45, 7) is 0.241. The molecule has 0 saturated carbocycles. The fourth-order valence-corrected chi connectivity index (χ4v) is 3.53. The van der Waals surface area contributed by atoms with Crippen molar-refractivity contribution in [2.45, 2.75) is 11.3 Å². The van der Waals surface area contributed by atoms with Crippen LogP contribution in [0, 0.1) is 5.82 Å². The zero-order valence-corrected chi connectivity index (χ0v) is 14.2. The number of halogens is 2. The van der Waals surface area contributed by atoms with E-state index in [4.69, 9.17) is 11.6 Å². The molecule has 1 aliphatic heterocycles. The molecule has 24 heavy (non-hydrogen) atoms. The molecule has 0 atom stereocenters. The number of rotatable bonds is 4. The molecule has 7 heteroatoms. The number of nitrogens with one attached hydrogen (secondary N) is 1. The lowest BCUT2D eigenvalue weighted by Gasteiger charge is -2.28. The smallest absolute Gasteiger partial charge is 0.237 e. The van der Waals surface area contributed by atoms with E-state index in [1.165, 1.54) is 30.0 Å². The normalized spacial score (nSPS) is 13.6. The number of hydrogen-bond acceptors (Lipinski definition) is 3. The summed E-state index contributed by atoms with van der Waals surface area (Å²) in [6, 6.07) is 11.5. The Morgan fingerprint density at radius 2 is 2.08 bits per heavy atom. The monoisotopic (exact) mass is 364 g/mol. The fraction of sp³-hybridized carbons (Fsp3) is 0.176. The Bertz CT molecular complexity index is 800. The summed E-state index contributed by atoms with van der Waals surface area (Å²) >= 11 is 7.29. The maximum Gasteiger partial charge on any atom is 0.237 e. The molecule has 1 aliphatic rings. The molecule has 1 heterocycles. The second-order valence-corrected chi connectivity index (χ2v) is 6.68. The lowest BCUT2D eigenvalue weighted by molar-refractivity contribution is -0.117. The highest BCUT2D eigenvalue weighted by Gasteiger charge is 2.24. The molecule has 3 rings (SSSR count). The Labute approximate surface area is 148 Å². The molecule has 2 aromatic carbocycles. The average molecular weight is 365 g/mol. The van der Waals surface area contributed by atoms with Crippen LogP contribution in [0.1, 0.15) is 6.42 Å². The van der Waals surface area contributed by atoms with Gasteiger partial charge in [-0.3, -0.25) is 9.59 Å². The van der Waals surface area contributed by atoms with E-state index in [0.29, 0.717) is 10.8 Å². The number of benzene rings is 2. The molecule has 1 N–H and O–H groups in total. The van der Waals surface area contributed by atoms with E-state index in [2.05, 4.69) is 5.32 Å². The number of fused-ring (bicyclic) bond motifs is 1. The SMILES string of the molecule is O=C(CCN1C(=O)CSc2ccccc21)Nc1cc(Cl)ccc1F. The van der Waals surface area contributed by atoms with Gasteiger partial charge in [0.15, 0.2) is 0 Å². The molecule has 0 spiro atoms. The van der Waals surface area contributed by atoms with Gasteiger partial charge in [0, 0.05) is 22.9 Å². The van der Waals surface area contributed by atoms with Crippen molar-refractivity contribution in [1.29, 1.82) is 0 Å². The van der Waals surface area contributed by atoms with E-state index in [0.717, 1.165) is 10.6 Å². The molecule has 0 aromatic heterocycles. The van der Waals surface area contributed by atoms with Crippen LogP contribution in [0.2, 0.25) is 5.02 Å². The van der Waals surface area contributed by atoms with Crippen molar-refractivity contribution in [2.24, 2.45) is 0 Å². The van der Waals surface area contributed by atoms with Crippen LogP contribution in [0.5, 0.6) is 0 Å². The summed E-state index contributed by atoms with van der Waals surface area (Å²) in [4.78, 5) is 26.8. The van der Waals surface area contributed by atoms with Gasteiger partial charge in [0.2, 0.25) is 11.8 Å². The number of hydrogen-bond donors (Lipinski definition) is 1. The van der Waals surface area contributed by atoms with Crippen molar-refractivity contribution in [3.63, 3.8) is 0 Å². The van der Waals surface area contributed by atoms with Gasteiger partial charge in [0.1, 0.15) is 5.82 Å². The minimum atomic E-state index is -0.552. The van der Waals surface area contributed by atoms with Crippen LogP contribution in [-0.2, 0) is 9.59 Å². The van der Waals surface area contributed by atoms with Gasteiger partial charge in [-0.1, -0.05) is 23.7 Å². The quantitative estimate of drug-likeness (QED) is 0.893. The van der Waals surface area contributed by atoms with Crippen LogP contribution >= 0.6 is 23.4 Å². The second-order valence-electron chi connectivity index (χ2n) is 5.22. The summed E-state index contributed by atoms with van der Waals surface area (Å²) in [6.07, 6.45) is 0.0662. The third-order valence-electron chi connectivity index (χ3n) is 3.57. The third-order valence-corrected chi connectivity index (χ3v) is 4.86. The summed E-state index contributed by atoms with van der Waals surface area (Å²) in [7, 11) is 0. The molecule has 2 amide bonds. The van der Waals surface area contributed by atoms with Crippen LogP contribution in [-0.4, -0.2) is 24.1 Å². The highest BCUT2D eigenvalue weighted by Crippen LogP contribution is 2.34. The number of carbonyl (C=O) groups is 2. The molecular weight excluding hydrogens is 351 g/mol. The second kappa shape index (κ2) is 7.23. The number of thioether (sulfide) groups is 1. The van der Waals surface area contributed by atoms with Gasteiger partial charge in [-0.05, 0) is 30.3 Å². The number of amides is 2. The van der Waals surface area contributed by atoms with E-state index in [-0.39, 0.29) is 30.5 Å². The number of para-hydroxylation sites is 1. The molecule has 0 saturated heterocycles. The molecule has 0 bridgehead atoms. The number of nitrogens with zero attached hydrogens (tertiary/aromatic N) is 1. The standard InChI is InChI=1S/C17H14ClFN2O2S/c18-11-5-6-12(19)13(9-11)20-16(22)7-8-21-14-3-1-2-4-15(14)24-10-17(21)23/h1-6,9H,7-8,10H2,(H,20,22). The largest absolute Gasteiger partial charge is 0.323 e. The molecule has 0 radical (unpaired) electrons. The van der Waals surface area contributed by atoms with E-state index in [1.54, 1.807) is 4.90 Å². The Morgan fingerprint density at radius 3 is 2.92 bits per heavy atom. The zero-order chi connectivity index (χ0) is 17.1. The minimum Gasteiger partial charge on any atom is -0.323 e. The van der Waals surface area contributed by atoms with Gasteiger partial charge in [-0.15, -0.1) is 11.8 Å². The first-order chi connectivity index (χ1) is 11.5.